The lowest BCUT2D eigenvalue weighted by Crippen LogP contribution is -2.56. The summed E-state index contributed by atoms with van der Waals surface area (Å²) in [5.74, 6) is -3.43. The van der Waals surface area contributed by atoms with Crippen LogP contribution in [0.3, 0.4) is 0 Å². The lowest BCUT2D eigenvalue weighted by atomic mass is 9.80. The summed E-state index contributed by atoms with van der Waals surface area (Å²) < 4.78 is 15.0. The molecule has 0 radical (unpaired) electrons. The Hall–Kier alpha value is -4.37. The number of pyridine rings is 1. The molecule has 1 aromatic heterocycles. The van der Waals surface area contributed by atoms with Gasteiger partial charge in [0.2, 0.25) is 5.91 Å². The molecule has 1 saturated heterocycles. The summed E-state index contributed by atoms with van der Waals surface area (Å²) in [5, 5.41) is 10.3. The molecule has 3 heterocycles. The van der Waals surface area contributed by atoms with Crippen LogP contribution in [-0.4, -0.2) is 69.2 Å². The number of hydrogen-bond donors (Lipinski definition) is 1. The summed E-state index contributed by atoms with van der Waals surface area (Å²) in [7, 11) is 0. The molecule has 2 aliphatic rings. The molecule has 0 bridgehead atoms. The molecular formula is C32H30ClFN4O4. The molecule has 0 saturated carbocycles. The standard InChI is InChI=1S/C32H30ClFN4O4/c1-5-25(39)37-13-14-38(18(4)16-37)30-22-15-23(33)28(20-9-6-7-12-24(20)34)35-29(22)27(31(40)36-30)26-19(17(2)3)10-8-11-21(26)32(41)42/h5-12,15,17-18,27H,1,13-14,16H2,2-4H3,(H,41,42)/t18-,27?/m0/s1. The average Bonchev–Trinajstić information content (AvgIpc) is 2.96. The van der Waals surface area contributed by atoms with Gasteiger partial charge in [-0.05, 0) is 54.3 Å². The molecule has 1 unspecified atom stereocenters. The van der Waals surface area contributed by atoms with E-state index in [4.69, 9.17) is 16.6 Å². The van der Waals surface area contributed by atoms with Crippen LogP contribution >= 0.6 is 11.6 Å². The van der Waals surface area contributed by atoms with E-state index in [0.29, 0.717) is 42.2 Å². The number of piperazine rings is 1. The Labute approximate surface area is 248 Å². The molecule has 1 fully saturated rings. The highest BCUT2D eigenvalue weighted by Gasteiger charge is 2.41. The van der Waals surface area contributed by atoms with Crippen molar-refractivity contribution in [3.63, 3.8) is 0 Å². The minimum atomic E-state index is -1.18. The summed E-state index contributed by atoms with van der Waals surface area (Å²) in [4.78, 5) is 51.7. The highest BCUT2D eigenvalue weighted by Crippen LogP contribution is 2.41. The Bertz CT molecular complexity index is 1650. The number of amidine groups is 1. The Kier molecular flexibility index (Phi) is 7.97. The van der Waals surface area contributed by atoms with Crippen LogP contribution in [0.2, 0.25) is 5.02 Å². The van der Waals surface area contributed by atoms with Gasteiger partial charge in [0.1, 0.15) is 17.6 Å². The number of carbonyl (C=O) groups excluding carboxylic acids is 2. The van der Waals surface area contributed by atoms with Crippen LogP contribution in [0.25, 0.3) is 11.3 Å². The van der Waals surface area contributed by atoms with E-state index in [1.54, 1.807) is 41.3 Å². The zero-order chi connectivity index (χ0) is 30.3. The van der Waals surface area contributed by atoms with E-state index in [0.717, 1.165) is 0 Å². The number of amides is 2. The molecule has 8 nitrogen and oxygen atoms in total. The maximum absolute atomic E-state index is 15.0. The first-order chi connectivity index (χ1) is 20.0. The van der Waals surface area contributed by atoms with Crippen LogP contribution < -0.4 is 0 Å². The molecule has 2 aromatic carbocycles. The molecule has 216 valence electrons. The number of aromatic nitrogens is 1. The van der Waals surface area contributed by atoms with Gasteiger partial charge in [0.15, 0.2) is 0 Å². The van der Waals surface area contributed by atoms with E-state index in [1.807, 2.05) is 25.7 Å². The quantitative estimate of drug-likeness (QED) is 0.395. The van der Waals surface area contributed by atoms with Crippen molar-refractivity contribution in [2.75, 3.05) is 19.6 Å². The fraction of sp³-hybridized carbons (Fsp3) is 0.281. The highest BCUT2D eigenvalue weighted by molar-refractivity contribution is 6.33. The molecule has 3 aromatic rings. The Balaban J connectivity index is 1.75. The van der Waals surface area contributed by atoms with Crippen LogP contribution in [-0.2, 0) is 9.59 Å². The van der Waals surface area contributed by atoms with Gasteiger partial charge in [0.05, 0.1) is 22.0 Å². The second-order valence-corrected chi connectivity index (χ2v) is 11.1. The second kappa shape index (κ2) is 11.5. The van der Waals surface area contributed by atoms with E-state index in [1.165, 1.54) is 18.2 Å². The number of aliphatic imine (C=N–C) groups is 1. The van der Waals surface area contributed by atoms with Crippen molar-refractivity contribution < 1.29 is 23.9 Å². The number of carbonyl (C=O) groups is 3. The van der Waals surface area contributed by atoms with E-state index >= 15 is 0 Å². The normalized spacial score (nSPS) is 18.5. The van der Waals surface area contributed by atoms with Crippen molar-refractivity contribution in [3.05, 3.63) is 100.0 Å². The summed E-state index contributed by atoms with van der Waals surface area (Å²) in [6.07, 6.45) is 1.27. The lowest BCUT2D eigenvalue weighted by Gasteiger charge is -2.42. The zero-order valence-corrected chi connectivity index (χ0v) is 24.2. The summed E-state index contributed by atoms with van der Waals surface area (Å²) in [6.45, 7) is 10.5. The molecule has 2 atom stereocenters. The maximum atomic E-state index is 15.0. The number of carboxylic acids is 1. The molecule has 1 N–H and O–H groups in total. The number of carboxylic acid groups (broad SMARTS) is 1. The van der Waals surface area contributed by atoms with Crippen LogP contribution in [0.5, 0.6) is 0 Å². The summed E-state index contributed by atoms with van der Waals surface area (Å²) in [6, 6.07) is 12.4. The molecule has 2 aliphatic heterocycles. The fourth-order valence-corrected chi connectivity index (χ4v) is 6.02. The van der Waals surface area contributed by atoms with E-state index in [9.17, 15) is 23.9 Å². The first kappa shape index (κ1) is 29.1. The van der Waals surface area contributed by atoms with Gasteiger partial charge in [0.25, 0.3) is 5.91 Å². The fourth-order valence-electron chi connectivity index (χ4n) is 5.77. The largest absolute Gasteiger partial charge is 0.478 e. The van der Waals surface area contributed by atoms with Crippen LogP contribution in [0.1, 0.15) is 65.3 Å². The number of halogens is 2. The first-order valence-corrected chi connectivity index (χ1v) is 14.0. The number of aromatic carboxylic acids is 1. The molecular weight excluding hydrogens is 559 g/mol. The molecule has 10 heteroatoms. The van der Waals surface area contributed by atoms with E-state index < -0.39 is 23.6 Å². The average molecular weight is 589 g/mol. The Morgan fingerprint density at radius 3 is 2.52 bits per heavy atom. The van der Waals surface area contributed by atoms with Crippen LogP contribution in [0, 0.1) is 5.82 Å². The van der Waals surface area contributed by atoms with Crippen molar-refractivity contribution in [1.29, 1.82) is 0 Å². The minimum absolute atomic E-state index is 0.0294. The van der Waals surface area contributed by atoms with Gasteiger partial charge in [0, 0.05) is 36.8 Å². The van der Waals surface area contributed by atoms with Gasteiger partial charge in [-0.15, -0.1) is 0 Å². The SMILES string of the molecule is C=CC(=O)N1CCN(C2=NC(=O)C(c3c(C(=O)O)cccc3C(C)C)c3nc(-c4ccccc4F)c(Cl)cc32)[C@@H](C)C1. The Morgan fingerprint density at radius 1 is 1.14 bits per heavy atom. The number of rotatable bonds is 5. The van der Waals surface area contributed by atoms with Gasteiger partial charge in [-0.2, -0.15) is 4.99 Å². The zero-order valence-electron chi connectivity index (χ0n) is 23.5. The van der Waals surface area contributed by atoms with Crippen LogP contribution in [0.15, 0.2) is 66.2 Å². The van der Waals surface area contributed by atoms with Gasteiger partial charge < -0.3 is 14.9 Å². The van der Waals surface area contributed by atoms with Gasteiger partial charge in [-0.25, -0.2) is 14.2 Å². The summed E-state index contributed by atoms with van der Waals surface area (Å²) in [5.41, 5.74) is 1.94. The van der Waals surface area contributed by atoms with Crippen molar-refractivity contribution in [2.45, 2.75) is 38.6 Å². The van der Waals surface area contributed by atoms with Crippen molar-refractivity contribution in [1.82, 2.24) is 14.8 Å². The summed E-state index contributed by atoms with van der Waals surface area (Å²) >= 11 is 6.74. The van der Waals surface area contributed by atoms with Crippen molar-refractivity contribution in [2.24, 2.45) is 4.99 Å². The van der Waals surface area contributed by atoms with Crippen molar-refractivity contribution >= 4 is 35.2 Å². The van der Waals surface area contributed by atoms with Gasteiger partial charge in [-0.3, -0.25) is 9.59 Å². The highest BCUT2D eigenvalue weighted by atomic mass is 35.5. The lowest BCUT2D eigenvalue weighted by molar-refractivity contribution is -0.128. The third-order valence-corrected chi connectivity index (χ3v) is 8.07. The molecule has 5 rings (SSSR count). The molecule has 2 amide bonds. The third kappa shape index (κ3) is 5.09. The number of nitrogens with zero attached hydrogens (tertiary/aromatic N) is 4. The first-order valence-electron chi connectivity index (χ1n) is 13.7. The van der Waals surface area contributed by atoms with E-state index in [2.05, 4.69) is 11.6 Å². The number of benzene rings is 2. The number of fused-ring (bicyclic) bond motifs is 1. The van der Waals surface area contributed by atoms with E-state index in [-0.39, 0.29) is 45.4 Å². The monoisotopic (exact) mass is 588 g/mol. The van der Waals surface area contributed by atoms with Gasteiger partial charge >= 0.3 is 5.97 Å². The smallest absolute Gasteiger partial charge is 0.336 e. The molecule has 0 aliphatic carbocycles. The topological polar surface area (TPSA) is 103 Å². The molecule has 42 heavy (non-hydrogen) atoms. The Morgan fingerprint density at radius 2 is 1.88 bits per heavy atom. The molecule has 0 spiro atoms. The van der Waals surface area contributed by atoms with Crippen LogP contribution in [0.4, 0.5) is 4.39 Å². The number of hydrogen-bond acceptors (Lipinski definition) is 5. The van der Waals surface area contributed by atoms with Crippen molar-refractivity contribution in [3.8, 4) is 11.3 Å². The maximum Gasteiger partial charge on any atom is 0.336 e. The van der Waals surface area contributed by atoms with Gasteiger partial charge in [-0.1, -0.05) is 56.3 Å². The minimum Gasteiger partial charge on any atom is -0.478 e. The third-order valence-electron chi connectivity index (χ3n) is 7.78. The second-order valence-electron chi connectivity index (χ2n) is 10.7. The predicted octanol–water partition coefficient (Wildman–Crippen LogP) is 5.50. The predicted molar refractivity (Wildman–Crippen MR) is 158 cm³/mol.